The van der Waals surface area contributed by atoms with Gasteiger partial charge in [0.1, 0.15) is 18.4 Å². The normalized spacial score (nSPS) is 12.6. The molecule has 0 amide bonds. The predicted molar refractivity (Wildman–Crippen MR) is 166 cm³/mol. The third-order valence-corrected chi connectivity index (χ3v) is 5.88. The fraction of sp³-hybridized carbons (Fsp3) is 0.333. The van der Waals surface area contributed by atoms with Crippen LogP contribution < -0.4 is 11.5 Å². The fourth-order valence-corrected chi connectivity index (χ4v) is 3.83. The van der Waals surface area contributed by atoms with Gasteiger partial charge in [-0.3, -0.25) is 0 Å². The minimum absolute atomic E-state index is 0.132. The lowest BCUT2D eigenvalue weighted by molar-refractivity contribution is -0.0980. The lowest BCUT2D eigenvalue weighted by Gasteiger charge is -2.38. The number of anilines is 1. The van der Waals surface area contributed by atoms with E-state index in [9.17, 15) is 4.39 Å². The van der Waals surface area contributed by atoms with Gasteiger partial charge in [0.05, 0.1) is 0 Å². The first-order chi connectivity index (χ1) is 18.9. The van der Waals surface area contributed by atoms with E-state index in [4.69, 9.17) is 10.5 Å². The molecule has 2 heterocycles. The van der Waals surface area contributed by atoms with E-state index in [1.165, 1.54) is 12.6 Å². The first kappa shape index (κ1) is 35.2. The summed E-state index contributed by atoms with van der Waals surface area (Å²) < 4.78 is 13.8. The minimum Gasteiger partial charge on any atom is -0.383 e. The highest BCUT2D eigenvalue weighted by Crippen LogP contribution is 2.26. The molecule has 2 aromatic carbocycles. The second-order valence-electron chi connectivity index (χ2n) is 8.87. The van der Waals surface area contributed by atoms with Gasteiger partial charge >= 0.3 is 0 Å². The molecule has 1 aromatic heterocycles. The molecule has 0 bridgehead atoms. The molecule has 0 saturated carbocycles. The molecule has 1 atom stereocenters. The second kappa shape index (κ2) is 20.2. The van der Waals surface area contributed by atoms with Crippen LogP contribution in [0.4, 0.5) is 10.2 Å². The Kier molecular flexibility index (Phi) is 18.3. The first-order valence-electron chi connectivity index (χ1n) is 13.3. The zero-order valence-corrected chi connectivity index (χ0v) is 24.5. The topological polar surface area (TPSA) is 85.2 Å². The smallest absolute Gasteiger partial charge is 0.130 e. The van der Waals surface area contributed by atoms with Crippen LogP contribution >= 0.6 is 0 Å². The summed E-state index contributed by atoms with van der Waals surface area (Å²) in [6.07, 6.45) is 8.34. The Morgan fingerprint density at radius 2 is 1.67 bits per heavy atom. The van der Waals surface area contributed by atoms with Crippen LogP contribution in [0, 0.1) is 25.6 Å². The Bertz CT molecular complexity index is 1110. The lowest BCUT2D eigenvalue weighted by atomic mass is 9.92. The summed E-state index contributed by atoms with van der Waals surface area (Å²) in [5, 5.41) is 0. The van der Waals surface area contributed by atoms with Gasteiger partial charge in [0, 0.05) is 30.8 Å². The summed E-state index contributed by atoms with van der Waals surface area (Å²) in [4.78, 5) is 14.4. The van der Waals surface area contributed by atoms with Crippen molar-refractivity contribution < 1.29 is 9.18 Å². The van der Waals surface area contributed by atoms with Gasteiger partial charge in [-0.05, 0) is 73.8 Å². The van der Waals surface area contributed by atoms with E-state index in [1.807, 2.05) is 71.0 Å². The molecule has 1 aliphatic heterocycles. The monoisotopic (exact) mass is 534 g/mol. The van der Waals surface area contributed by atoms with Crippen molar-refractivity contribution in [3.05, 3.63) is 113 Å². The summed E-state index contributed by atoms with van der Waals surface area (Å²) in [6.45, 7) is 17.9. The largest absolute Gasteiger partial charge is 0.383 e. The van der Waals surface area contributed by atoms with E-state index in [0.29, 0.717) is 12.2 Å². The van der Waals surface area contributed by atoms with Gasteiger partial charge in [-0.15, -0.1) is 0 Å². The number of aryl methyl sites for hydroxylation is 2. The quantitative estimate of drug-likeness (QED) is 0.357. The number of benzene rings is 2. The van der Waals surface area contributed by atoms with E-state index in [0.717, 1.165) is 41.3 Å². The number of hydrogen-bond acceptors (Lipinski definition) is 5. The molecule has 1 unspecified atom stereocenters. The Labute approximate surface area is 235 Å². The number of nitrogens with two attached hydrogens (primary N) is 2. The number of hydrogen-bond donors (Lipinski definition) is 2. The Hall–Kier alpha value is -3.77. The first-order valence-corrected chi connectivity index (χ1v) is 13.3. The van der Waals surface area contributed by atoms with Gasteiger partial charge in [0.25, 0.3) is 0 Å². The maximum atomic E-state index is 13.8. The highest BCUT2D eigenvalue weighted by atomic mass is 19.1. The predicted octanol–water partition coefficient (Wildman–Crippen LogP) is 6.96. The molecule has 1 fully saturated rings. The molecule has 0 aliphatic carbocycles. The number of carbonyl (C=O) groups is 1. The Balaban J connectivity index is 0.000000678. The molecule has 6 heteroatoms. The van der Waals surface area contributed by atoms with Crippen molar-refractivity contribution >= 4 is 18.7 Å². The number of allylic oxidation sites excluding steroid dienone is 1. The van der Waals surface area contributed by atoms with Gasteiger partial charge < -0.3 is 21.2 Å². The van der Waals surface area contributed by atoms with Crippen LogP contribution in [-0.4, -0.2) is 36.8 Å². The van der Waals surface area contributed by atoms with Crippen LogP contribution in [0.5, 0.6) is 0 Å². The Morgan fingerprint density at radius 3 is 2.23 bits per heavy atom. The third-order valence-electron chi connectivity index (χ3n) is 5.88. The Morgan fingerprint density at radius 1 is 1.05 bits per heavy atom. The summed E-state index contributed by atoms with van der Waals surface area (Å²) in [6, 6.07) is 18.0. The van der Waals surface area contributed by atoms with Gasteiger partial charge in [-0.1, -0.05) is 82.0 Å². The number of likely N-dealkylation sites (tertiary alicyclic amines) is 1. The average Bonchev–Trinajstić information content (AvgIpc) is 2.94. The van der Waals surface area contributed by atoms with Crippen molar-refractivity contribution in [3.63, 3.8) is 0 Å². The van der Waals surface area contributed by atoms with Crippen LogP contribution in [0.15, 0.2) is 79.6 Å². The van der Waals surface area contributed by atoms with E-state index in [2.05, 4.69) is 59.5 Å². The molecular formula is C33H47FN4O. The van der Waals surface area contributed by atoms with Gasteiger partial charge in [-0.25, -0.2) is 9.37 Å². The van der Waals surface area contributed by atoms with Crippen molar-refractivity contribution in [2.45, 2.75) is 47.0 Å². The summed E-state index contributed by atoms with van der Waals surface area (Å²) in [7, 11) is 1.50. The van der Waals surface area contributed by atoms with Crippen molar-refractivity contribution in [1.82, 2.24) is 9.88 Å². The molecule has 1 aliphatic rings. The number of nitrogens with zero attached hydrogens (tertiary/aromatic N) is 2. The second-order valence-corrected chi connectivity index (χ2v) is 8.87. The number of rotatable bonds is 6. The molecule has 5 nitrogen and oxygen atoms in total. The van der Waals surface area contributed by atoms with E-state index in [1.54, 1.807) is 12.3 Å². The number of halogens is 1. The SMILES string of the molecule is C=CN1CC(c2ccccc2)C1.C=O.CC.CN.Cc1ccc(CC(C)/C=C/c2cc(C)cnc2N)c(F)c1. The maximum Gasteiger partial charge on any atom is 0.130 e. The van der Waals surface area contributed by atoms with E-state index in [-0.39, 0.29) is 11.7 Å². The van der Waals surface area contributed by atoms with Crippen LogP contribution in [0.1, 0.15) is 54.5 Å². The average molecular weight is 535 g/mol. The number of pyridine rings is 1. The van der Waals surface area contributed by atoms with Crippen LogP contribution in [0.2, 0.25) is 0 Å². The zero-order valence-electron chi connectivity index (χ0n) is 24.5. The molecule has 3 aromatic rings. The minimum atomic E-state index is -0.132. The number of aromatic nitrogens is 1. The summed E-state index contributed by atoms with van der Waals surface area (Å²) in [5.74, 6) is 1.34. The molecule has 0 radical (unpaired) electrons. The number of carbonyl (C=O) groups excluding carboxylic acids is 1. The highest BCUT2D eigenvalue weighted by molar-refractivity contribution is 5.61. The van der Waals surface area contributed by atoms with Crippen molar-refractivity contribution in [1.29, 1.82) is 0 Å². The summed E-state index contributed by atoms with van der Waals surface area (Å²) >= 11 is 0. The van der Waals surface area contributed by atoms with Crippen molar-refractivity contribution in [2.24, 2.45) is 11.7 Å². The third kappa shape index (κ3) is 12.5. The van der Waals surface area contributed by atoms with Crippen LogP contribution in [0.3, 0.4) is 0 Å². The van der Waals surface area contributed by atoms with E-state index >= 15 is 0 Å². The van der Waals surface area contributed by atoms with Gasteiger partial charge in [0.15, 0.2) is 0 Å². The molecule has 212 valence electrons. The molecule has 1 saturated heterocycles. The van der Waals surface area contributed by atoms with Crippen molar-refractivity contribution in [3.8, 4) is 0 Å². The molecule has 39 heavy (non-hydrogen) atoms. The lowest BCUT2D eigenvalue weighted by Crippen LogP contribution is -2.40. The maximum absolute atomic E-state index is 13.8. The fourth-order valence-electron chi connectivity index (χ4n) is 3.83. The highest BCUT2D eigenvalue weighted by Gasteiger charge is 2.24. The molecule has 0 spiro atoms. The van der Waals surface area contributed by atoms with Crippen LogP contribution in [-0.2, 0) is 11.2 Å². The van der Waals surface area contributed by atoms with Crippen LogP contribution in [0.25, 0.3) is 6.08 Å². The molecular weight excluding hydrogens is 487 g/mol. The van der Waals surface area contributed by atoms with E-state index < -0.39 is 0 Å². The van der Waals surface area contributed by atoms with Gasteiger partial charge in [0.2, 0.25) is 0 Å². The van der Waals surface area contributed by atoms with Gasteiger partial charge in [-0.2, -0.15) is 0 Å². The molecule has 4 rings (SSSR count). The standard InChI is InChI=1S/C18H21FN2.C11H13N.C2H6.CH5N.CH2O/c1-12(8-15-6-4-13(2)10-17(15)19)5-7-16-9-14(3)11-21-18(16)20;1-2-12-8-11(9-12)10-6-4-3-5-7-10;3*1-2/h4-7,9-12H,8H2,1-3H3,(H2,20,21);2-7,11H,1,8-9H2;1-2H3;2H2,1H3;1H2/b7-5+;;;;. The number of nitrogen functional groups attached to an aromatic ring is 1. The van der Waals surface area contributed by atoms with Crippen molar-refractivity contribution in [2.75, 3.05) is 25.9 Å². The summed E-state index contributed by atoms with van der Waals surface area (Å²) in [5.41, 5.74) is 15.5. The molecule has 4 N–H and O–H groups in total. The zero-order chi connectivity index (χ0) is 29.8.